The second kappa shape index (κ2) is 2.85. The highest BCUT2D eigenvalue weighted by Gasteiger charge is 2.08. The van der Waals surface area contributed by atoms with Gasteiger partial charge in [0.25, 0.3) is 0 Å². The van der Waals surface area contributed by atoms with Crippen molar-refractivity contribution in [3.05, 3.63) is 29.5 Å². The Balaban J connectivity index is 2.77. The Morgan fingerprint density at radius 3 is 2.92 bits per heavy atom. The first-order valence-electron chi connectivity index (χ1n) is 4.39. The summed E-state index contributed by atoms with van der Waals surface area (Å²) < 4.78 is 0. The molecule has 3 nitrogen and oxygen atoms in total. The fourth-order valence-electron chi connectivity index (χ4n) is 1.56. The first-order valence-corrected chi connectivity index (χ1v) is 4.39. The summed E-state index contributed by atoms with van der Waals surface area (Å²) in [6.45, 7) is 3.99. The third-order valence-electron chi connectivity index (χ3n) is 2.30. The van der Waals surface area contributed by atoms with Crippen molar-refractivity contribution in [1.82, 2.24) is 10.2 Å². The highest BCUT2D eigenvalue weighted by molar-refractivity contribution is 5.84. The number of nitrogens with one attached hydrogen (secondary N) is 1. The monoisotopic (exact) mass is 175 g/mol. The number of rotatable bonds is 1. The maximum Gasteiger partial charge on any atom is 0.0971 e. The van der Waals surface area contributed by atoms with Crippen LogP contribution in [0.25, 0.3) is 10.9 Å². The van der Waals surface area contributed by atoms with Gasteiger partial charge < -0.3 is 5.73 Å². The average molecular weight is 175 g/mol. The summed E-state index contributed by atoms with van der Waals surface area (Å²) in [5, 5.41) is 8.36. The van der Waals surface area contributed by atoms with Crippen molar-refractivity contribution in [3.8, 4) is 0 Å². The van der Waals surface area contributed by atoms with Gasteiger partial charge >= 0.3 is 0 Å². The molecule has 68 valence electrons. The highest BCUT2D eigenvalue weighted by atomic mass is 15.1. The van der Waals surface area contributed by atoms with Crippen LogP contribution in [-0.2, 0) is 0 Å². The number of para-hydroxylation sites is 1. The third-order valence-corrected chi connectivity index (χ3v) is 2.30. The minimum absolute atomic E-state index is 0.0337. The molecule has 0 aliphatic heterocycles. The molecule has 13 heavy (non-hydrogen) atoms. The van der Waals surface area contributed by atoms with Crippen molar-refractivity contribution < 1.29 is 0 Å². The van der Waals surface area contributed by atoms with Crippen LogP contribution < -0.4 is 5.73 Å². The number of aryl methyl sites for hydroxylation is 1. The molecule has 3 N–H and O–H groups in total. The second-order valence-electron chi connectivity index (χ2n) is 3.38. The van der Waals surface area contributed by atoms with Crippen molar-refractivity contribution >= 4 is 10.9 Å². The molecule has 3 heteroatoms. The number of H-pyrrole nitrogens is 1. The van der Waals surface area contributed by atoms with Crippen molar-refractivity contribution in [2.24, 2.45) is 5.73 Å². The molecular formula is C10H13N3. The predicted octanol–water partition coefficient (Wildman–Crippen LogP) is 1.89. The molecule has 0 fully saturated rings. The predicted molar refractivity (Wildman–Crippen MR) is 53.4 cm³/mol. The van der Waals surface area contributed by atoms with Gasteiger partial charge in [0, 0.05) is 17.1 Å². The maximum absolute atomic E-state index is 5.84. The summed E-state index contributed by atoms with van der Waals surface area (Å²) >= 11 is 0. The van der Waals surface area contributed by atoms with E-state index in [2.05, 4.69) is 16.3 Å². The molecule has 1 aromatic carbocycles. The number of aromatic nitrogens is 2. The van der Waals surface area contributed by atoms with E-state index in [1.165, 1.54) is 0 Å². The van der Waals surface area contributed by atoms with Crippen molar-refractivity contribution in [2.75, 3.05) is 0 Å². The minimum atomic E-state index is 0.0337. The Morgan fingerprint density at radius 2 is 2.23 bits per heavy atom. The molecule has 1 aromatic heterocycles. The van der Waals surface area contributed by atoms with Gasteiger partial charge in [0.05, 0.1) is 5.52 Å². The summed E-state index contributed by atoms with van der Waals surface area (Å²) in [6, 6.07) is 6.13. The molecule has 0 radical (unpaired) electrons. The SMILES string of the molecule is Cc1[nH]nc2c(C(C)N)cccc12. The van der Waals surface area contributed by atoms with Gasteiger partial charge in [-0.25, -0.2) is 0 Å². The third kappa shape index (κ3) is 1.21. The smallest absolute Gasteiger partial charge is 0.0971 e. The van der Waals surface area contributed by atoms with Gasteiger partial charge in [-0.15, -0.1) is 0 Å². The van der Waals surface area contributed by atoms with Gasteiger partial charge in [0.2, 0.25) is 0 Å². The van der Waals surface area contributed by atoms with E-state index in [4.69, 9.17) is 5.73 Å². The van der Waals surface area contributed by atoms with E-state index in [0.717, 1.165) is 22.2 Å². The number of aromatic amines is 1. The highest BCUT2D eigenvalue weighted by Crippen LogP contribution is 2.22. The average Bonchev–Trinajstić information content (AvgIpc) is 2.48. The molecule has 1 unspecified atom stereocenters. The summed E-state index contributed by atoms with van der Waals surface area (Å²) in [5.41, 5.74) is 9.02. The summed E-state index contributed by atoms with van der Waals surface area (Å²) in [6.07, 6.45) is 0. The second-order valence-corrected chi connectivity index (χ2v) is 3.38. The molecule has 0 bridgehead atoms. The van der Waals surface area contributed by atoms with Crippen LogP contribution in [0.1, 0.15) is 24.2 Å². The van der Waals surface area contributed by atoms with Gasteiger partial charge in [-0.3, -0.25) is 5.10 Å². The molecule has 0 saturated heterocycles. The summed E-state index contributed by atoms with van der Waals surface area (Å²) in [5.74, 6) is 0. The first kappa shape index (κ1) is 8.26. The normalized spacial score (nSPS) is 13.5. The number of hydrogen-bond acceptors (Lipinski definition) is 2. The zero-order chi connectivity index (χ0) is 9.42. The van der Waals surface area contributed by atoms with E-state index in [0.29, 0.717) is 0 Å². The van der Waals surface area contributed by atoms with Crippen LogP contribution >= 0.6 is 0 Å². The largest absolute Gasteiger partial charge is 0.324 e. The molecule has 0 aliphatic rings. The van der Waals surface area contributed by atoms with Gasteiger partial charge in [-0.1, -0.05) is 18.2 Å². The Kier molecular flexibility index (Phi) is 1.81. The van der Waals surface area contributed by atoms with E-state index in [1.807, 2.05) is 26.0 Å². The molecule has 2 rings (SSSR count). The van der Waals surface area contributed by atoms with E-state index in [-0.39, 0.29) is 6.04 Å². The molecule has 0 amide bonds. The number of nitrogens with zero attached hydrogens (tertiary/aromatic N) is 1. The molecule has 0 saturated carbocycles. The maximum atomic E-state index is 5.84. The Morgan fingerprint density at radius 1 is 1.46 bits per heavy atom. The van der Waals surface area contributed by atoms with Crippen LogP contribution in [-0.4, -0.2) is 10.2 Å². The van der Waals surface area contributed by atoms with Crippen molar-refractivity contribution in [1.29, 1.82) is 0 Å². The lowest BCUT2D eigenvalue weighted by molar-refractivity contribution is 0.822. The Labute approximate surface area is 76.9 Å². The van der Waals surface area contributed by atoms with E-state index in [1.54, 1.807) is 0 Å². The van der Waals surface area contributed by atoms with Gasteiger partial charge in [-0.2, -0.15) is 5.10 Å². The van der Waals surface area contributed by atoms with Crippen LogP contribution in [0.4, 0.5) is 0 Å². The van der Waals surface area contributed by atoms with Crippen LogP contribution in [0.2, 0.25) is 0 Å². The standard InChI is InChI=1S/C10H13N3/c1-6(11)8-4-3-5-9-7(2)12-13-10(8)9/h3-6H,11H2,1-2H3,(H,12,13). The lowest BCUT2D eigenvalue weighted by Gasteiger charge is -2.05. The number of benzene rings is 1. The molecule has 0 spiro atoms. The quantitative estimate of drug-likeness (QED) is 0.695. The molecule has 1 atom stereocenters. The van der Waals surface area contributed by atoms with E-state index in [9.17, 15) is 0 Å². The van der Waals surface area contributed by atoms with Crippen LogP contribution in [0.5, 0.6) is 0 Å². The van der Waals surface area contributed by atoms with Crippen molar-refractivity contribution in [3.63, 3.8) is 0 Å². The number of fused-ring (bicyclic) bond motifs is 1. The van der Waals surface area contributed by atoms with E-state index < -0.39 is 0 Å². The fraction of sp³-hybridized carbons (Fsp3) is 0.300. The molecular weight excluding hydrogens is 162 g/mol. The zero-order valence-electron chi connectivity index (χ0n) is 7.83. The Hall–Kier alpha value is -1.35. The van der Waals surface area contributed by atoms with Gasteiger partial charge in [0.15, 0.2) is 0 Å². The fourth-order valence-corrected chi connectivity index (χ4v) is 1.56. The molecule has 1 heterocycles. The lowest BCUT2D eigenvalue weighted by Crippen LogP contribution is -2.05. The first-order chi connectivity index (χ1) is 6.20. The minimum Gasteiger partial charge on any atom is -0.324 e. The van der Waals surface area contributed by atoms with Crippen molar-refractivity contribution in [2.45, 2.75) is 19.9 Å². The van der Waals surface area contributed by atoms with Crippen LogP contribution in [0.3, 0.4) is 0 Å². The van der Waals surface area contributed by atoms with E-state index >= 15 is 0 Å². The Bertz CT molecular complexity index is 429. The molecule has 0 aliphatic carbocycles. The summed E-state index contributed by atoms with van der Waals surface area (Å²) in [4.78, 5) is 0. The van der Waals surface area contributed by atoms with Gasteiger partial charge in [-0.05, 0) is 19.4 Å². The van der Waals surface area contributed by atoms with Gasteiger partial charge in [0.1, 0.15) is 0 Å². The summed E-state index contributed by atoms with van der Waals surface area (Å²) in [7, 11) is 0. The zero-order valence-corrected chi connectivity index (χ0v) is 7.83. The number of hydrogen-bond donors (Lipinski definition) is 2. The topological polar surface area (TPSA) is 54.7 Å². The lowest BCUT2D eigenvalue weighted by atomic mass is 10.1. The molecule has 2 aromatic rings. The van der Waals surface area contributed by atoms with Crippen LogP contribution in [0.15, 0.2) is 18.2 Å². The van der Waals surface area contributed by atoms with Crippen LogP contribution in [0, 0.1) is 6.92 Å². The number of nitrogens with two attached hydrogens (primary N) is 1.